The summed E-state index contributed by atoms with van der Waals surface area (Å²) in [6.45, 7) is 1.36. The Morgan fingerprint density at radius 3 is 2.62 bits per heavy atom. The first-order valence-electron chi connectivity index (χ1n) is 3.54. The van der Waals surface area contributed by atoms with E-state index in [-0.39, 0.29) is 12.3 Å². The highest BCUT2D eigenvalue weighted by Gasteiger charge is 2.11. The van der Waals surface area contributed by atoms with Crippen LogP contribution in [-0.4, -0.2) is 26.6 Å². The van der Waals surface area contributed by atoms with Gasteiger partial charge in [-0.1, -0.05) is 0 Å². The van der Waals surface area contributed by atoms with E-state index < -0.39 is 21.8 Å². The molecule has 0 rings (SSSR count). The smallest absolute Gasteiger partial charge is 0.237 e. The minimum absolute atomic E-state index is 0.0658. The van der Waals surface area contributed by atoms with Gasteiger partial charge in [-0.15, -0.1) is 0 Å². The summed E-state index contributed by atoms with van der Waals surface area (Å²) >= 11 is 0. The Balaban J connectivity index is 3.81. The number of nitrogens with two attached hydrogens (primary N) is 1. The van der Waals surface area contributed by atoms with Crippen LogP contribution in [0.1, 0.15) is 6.92 Å². The number of amides is 1. The van der Waals surface area contributed by atoms with Gasteiger partial charge in [-0.25, -0.2) is 13.6 Å². The van der Waals surface area contributed by atoms with Gasteiger partial charge >= 0.3 is 0 Å². The van der Waals surface area contributed by atoms with Crippen LogP contribution in [0.25, 0.3) is 0 Å². The van der Waals surface area contributed by atoms with Gasteiger partial charge in [-0.2, -0.15) is 5.26 Å². The van der Waals surface area contributed by atoms with Gasteiger partial charge in [0.05, 0.1) is 11.8 Å². The number of sulfonamides is 1. The lowest BCUT2D eigenvalue weighted by atomic mass is 10.2. The molecule has 0 aliphatic rings. The molecule has 0 bridgehead atoms. The molecule has 6 nitrogen and oxygen atoms in total. The Kier molecular flexibility index (Phi) is 4.37. The van der Waals surface area contributed by atoms with Crippen LogP contribution >= 0.6 is 0 Å². The second-order valence-corrected chi connectivity index (χ2v) is 4.24. The van der Waals surface area contributed by atoms with Crippen LogP contribution < -0.4 is 10.5 Å². The molecule has 13 heavy (non-hydrogen) atoms. The van der Waals surface area contributed by atoms with E-state index in [4.69, 9.17) is 5.26 Å². The van der Waals surface area contributed by atoms with Crippen LogP contribution in [0.4, 0.5) is 0 Å². The Bertz CT molecular complexity index is 317. The molecule has 0 aromatic carbocycles. The third-order valence-electron chi connectivity index (χ3n) is 1.27. The summed E-state index contributed by atoms with van der Waals surface area (Å²) in [6.07, 6.45) is 0. The molecule has 0 aliphatic heterocycles. The summed E-state index contributed by atoms with van der Waals surface area (Å²) in [7, 11) is -3.55. The Morgan fingerprint density at radius 1 is 1.69 bits per heavy atom. The zero-order valence-electron chi connectivity index (χ0n) is 7.15. The van der Waals surface area contributed by atoms with Crippen LogP contribution in [0.2, 0.25) is 0 Å². The minimum atomic E-state index is -3.55. The van der Waals surface area contributed by atoms with Gasteiger partial charge in [0.2, 0.25) is 15.9 Å². The van der Waals surface area contributed by atoms with Crippen LogP contribution in [0.15, 0.2) is 0 Å². The van der Waals surface area contributed by atoms with Crippen molar-refractivity contribution in [2.24, 2.45) is 11.1 Å². The number of nitrogens with one attached hydrogen (secondary N) is 1. The van der Waals surface area contributed by atoms with Crippen molar-refractivity contribution in [2.75, 3.05) is 12.3 Å². The van der Waals surface area contributed by atoms with Gasteiger partial charge < -0.3 is 5.32 Å². The van der Waals surface area contributed by atoms with E-state index >= 15 is 0 Å². The number of primary sulfonamides is 1. The molecule has 0 aromatic rings. The van der Waals surface area contributed by atoms with Crippen molar-refractivity contribution in [1.82, 2.24) is 5.32 Å². The van der Waals surface area contributed by atoms with Crippen molar-refractivity contribution >= 4 is 15.9 Å². The number of hydrogen-bond donors (Lipinski definition) is 2. The monoisotopic (exact) mass is 205 g/mol. The van der Waals surface area contributed by atoms with Crippen molar-refractivity contribution in [3.05, 3.63) is 0 Å². The SMILES string of the molecule is CC(C#N)C(=O)NCCS(N)(=O)=O. The molecular weight excluding hydrogens is 194 g/mol. The average Bonchev–Trinajstić information content (AvgIpc) is 2.00. The number of hydrogen-bond acceptors (Lipinski definition) is 4. The number of carbonyl (C=O) groups is 1. The topological polar surface area (TPSA) is 113 Å². The third kappa shape index (κ3) is 6.07. The molecule has 1 unspecified atom stereocenters. The van der Waals surface area contributed by atoms with E-state index in [1.807, 2.05) is 0 Å². The number of carbonyl (C=O) groups excluding carboxylic acids is 1. The maximum Gasteiger partial charge on any atom is 0.237 e. The molecule has 0 heterocycles. The summed E-state index contributed by atoms with van der Waals surface area (Å²) in [5, 5.41) is 15.3. The van der Waals surface area contributed by atoms with Crippen molar-refractivity contribution in [3.8, 4) is 6.07 Å². The predicted octanol–water partition coefficient (Wildman–Crippen LogP) is -1.45. The highest BCUT2D eigenvalue weighted by Crippen LogP contribution is 1.90. The number of nitrogens with zero attached hydrogens (tertiary/aromatic N) is 1. The van der Waals surface area contributed by atoms with Gasteiger partial charge in [0.15, 0.2) is 0 Å². The fraction of sp³-hybridized carbons (Fsp3) is 0.667. The van der Waals surface area contributed by atoms with Crippen LogP contribution in [0.3, 0.4) is 0 Å². The third-order valence-corrected chi connectivity index (χ3v) is 2.05. The van der Waals surface area contributed by atoms with Gasteiger partial charge in [-0.3, -0.25) is 4.79 Å². The first-order chi connectivity index (χ1) is 5.87. The largest absolute Gasteiger partial charge is 0.354 e. The zero-order chi connectivity index (χ0) is 10.5. The molecule has 1 amide bonds. The minimum Gasteiger partial charge on any atom is -0.354 e. The maximum absolute atomic E-state index is 10.9. The molecule has 0 saturated heterocycles. The summed E-state index contributed by atoms with van der Waals surface area (Å²) in [6, 6.07) is 1.72. The highest BCUT2D eigenvalue weighted by atomic mass is 32.2. The molecule has 0 fully saturated rings. The second kappa shape index (κ2) is 4.79. The standard InChI is InChI=1S/C6H11N3O3S/c1-5(4-7)6(10)9-2-3-13(8,11)12/h5H,2-3H2,1H3,(H,9,10)(H2,8,11,12). The normalized spacial score (nSPS) is 13.0. The Hall–Kier alpha value is -1.13. The molecule has 0 spiro atoms. The summed E-state index contributed by atoms with van der Waals surface area (Å²) in [5.74, 6) is -1.59. The van der Waals surface area contributed by atoms with E-state index in [1.54, 1.807) is 6.07 Å². The molecule has 0 aliphatic carbocycles. The summed E-state index contributed by atoms with van der Waals surface area (Å²) in [5.41, 5.74) is 0. The van der Waals surface area contributed by atoms with Gasteiger partial charge in [0.1, 0.15) is 5.92 Å². The number of nitriles is 1. The molecule has 7 heteroatoms. The van der Waals surface area contributed by atoms with Gasteiger partial charge in [0, 0.05) is 6.54 Å². The lowest BCUT2D eigenvalue weighted by Crippen LogP contribution is -2.34. The lowest BCUT2D eigenvalue weighted by Gasteiger charge is -2.04. The predicted molar refractivity (Wildman–Crippen MR) is 45.8 cm³/mol. The van der Waals surface area contributed by atoms with Crippen molar-refractivity contribution < 1.29 is 13.2 Å². The van der Waals surface area contributed by atoms with E-state index in [0.717, 1.165) is 0 Å². The quantitative estimate of drug-likeness (QED) is 0.584. The van der Waals surface area contributed by atoms with E-state index in [2.05, 4.69) is 10.5 Å². The second-order valence-electron chi connectivity index (χ2n) is 2.51. The first-order valence-corrected chi connectivity index (χ1v) is 5.26. The van der Waals surface area contributed by atoms with Crippen molar-refractivity contribution in [1.29, 1.82) is 5.26 Å². The molecule has 0 radical (unpaired) electrons. The molecule has 0 saturated carbocycles. The van der Waals surface area contributed by atoms with Crippen molar-refractivity contribution in [3.63, 3.8) is 0 Å². The zero-order valence-corrected chi connectivity index (χ0v) is 7.97. The lowest BCUT2D eigenvalue weighted by molar-refractivity contribution is -0.122. The molecule has 1 atom stereocenters. The van der Waals surface area contributed by atoms with Crippen molar-refractivity contribution in [2.45, 2.75) is 6.92 Å². The maximum atomic E-state index is 10.9. The van der Waals surface area contributed by atoms with Crippen LogP contribution in [0, 0.1) is 17.2 Å². The van der Waals surface area contributed by atoms with E-state index in [0.29, 0.717) is 0 Å². The summed E-state index contributed by atoms with van der Waals surface area (Å²) in [4.78, 5) is 10.9. The summed E-state index contributed by atoms with van der Waals surface area (Å²) < 4.78 is 20.8. The molecule has 74 valence electrons. The molecule has 3 N–H and O–H groups in total. The Morgan fingerprint density at radius 2 is 2.23 bits per heavy atom. The van der Waals surface area contributed by atoms with Gasteiger partial charge in [0.25, 0.3) is 0 Å². The van der Waals surface area contributed by atoms with Crippen LogP contribution in [0.5, 0.6) is 0 Å². The van der Waals surface area contributed by atoms with E-state index in [9.17, 15) is 13.2 Å². The fourth-order valence-electron chi connectivity index (χ4n) is 0.528. The number of rotatable bonds is 4. The fourth-order valence-corrected chi connectivity index (χ4v) is 0.915. The molecular formula is C6H11N3O3S. The van der Waals surface area contributed by atoms with E-state index in [1.165, 1.54) is 6.92 Å². The first kappa shape index (κ1) is 11.9. The Labute approximate surface area is 76.8 Å². The van der Waals surface area contributed by atoms with Crippen LogP contribution in [-0.2, 0) is 14.8 Å². The average molecular weight is 205 g/mol. The van der Waals surface area contributed by atoms with Gasteiger partial charge in [-0.05, 0) is 6.92 Å². The molecule has 0 aromatic heterocycles. The highest BCUT2D eigenvalue weighted by molar-refractivity contribution is 7.89.